The molecule has 0 aliphatic carbocycles. The second kappa shape index (κ2) is 5.59. The topological polar surface area (TPSA) is 60.2 Å². The summed E-state index contributed by atoms with van der Waals surface area (Å²) in [7, 11) is 1.52. The zero-order valence-corrected chi connectivity index (χ0v) is 10.2. The van der Waals surface area contributed by atoms with Gasteiger partial charge >= 0.3 is 0 Å². The zero-order valence-electron chi connectivity index (χ0n) is 10.2. The normalized spacial score (nSPS) is 12.4. The molecule has 0 aliphatic heterocycles. The highest BCUT2D eigenvalue weighted by molar-refractivity contribution is 5.36. The summed E-state index contributed by atoms with van der Waals surface area (Å²) >= 11 is 0. The molecule has 2 aromatic rings. The van der Waals surface area contributed by atoms with Gasteiger partial charge in [0.05, 0.1) is 13.7 Å². The molecule has 0 aliphatic rings. The molecule has 0 saturated carbocycles. The summed E-state index contributed by atoms with van der Waals surface area (Å²) in [6.07, 6.45) is 1.26. The Hall–Kier alpha value is -1.95. The Kier molecular flexibility index (Phi) is 3.88. The van der Waals surface area contributed by atoms with Crippen molar-refractivity contribution in [2.24, 2.45) is 0 Å². The molecule has 6 heteroatoms. The number of halogens is 1. The van der Waals surface area contributed by atoms with Crippen LogP contribution in [0.25, 0.3) is 0 Å². The number of ether oxygens (including phenoxy) is 1. The van der Waals surface area contributed by atoms with Crippen molar-refractivity contribution in [3.8, 4) is 5.75 Å². The molecule has 2 rings (SSSR count). The van der Waals surface area contributed by atoms with Gasteiger partial charge in [0.1, 0.15) is 11.6 Å². The predicted octanol–water partition coefficient (Wildman–Crippen LogP) is 2.07. The maximum absolute atomic E-state index is 13.8. The van der Waals surface area contributed by atoms with Gasteiger partial charge in [-0.3, -0.25) is 0 Å². The van der Waals surface area contributed by atoms with Crippen molar-refractivity contribution in [3.63, 3.8) is 0 Å². The highest BCUT2D eigenvalue weighted by Gasteiger charge is 2.16. The minimum absolute atomic E-state index is 0.223. The SMILES string of the molecule is COc1cccc(F)c1C(C)NCc1ncon1. The van der Waals surface area contributed by atoms with Crippen LogP contribution >= 0.6 is 0 Å². The van der Waals surface area contributed by atoms with Crippen molar-refractivity contribution < 1.29 is 13.7 Å². The first-order chi connectivity index (χ1) is 8.72. The van der Waals surface area contributed by atoms with Crippen molar-refractivity contribution in [1.82, 2.24) is 15.5 Å². The number of benzene rings is 1. The number of aromatic nitrogens is 2. The van der Waals surface area contributed by atoms with Crippen LogP contribution in [0.2, 0.25) is 0 Å². The van der Waals surface area contributed by atoms with Gasteiger partial charge in [-0.2, -0.15) is 4.98 Å². The Morgan fingerprint density at radius 3 is 3.00 bits per heavy atom. The molecule has 0 radical (unpaired) electrons. The van der Waals surface area contributed by atoms with Crippen LogP contribution < -0.4 is 10.1 Å². The van der Waals surface area contributed by atoms with Crippen LogP contribution in [-0.4, -0.2) is 17.3 Å². The zero-order chi connectivity index (χ0) is 13.0. The summed E-state index contributed by atoms with van der Waals surface area (Å²) in [6, 6.07) is 4.53. The van der Waals surface area contributed by atoms with Gasteiger partial charge < -0.3 is 14.6 Å². The molecule has 1 aromatic heterocycles. The molecule has 1 aromatic carbocycles. The van der Waals surface area contributed by atoms with E-state index in [1.54, 1.807) is 12.1 Å². The maximum Gasteiger partial charge on any atom is 0.213 e. The molecular formula is C12H14FN3O2. The van der Waals surface area contributed by atoms with Crippen molar-refractivity contribution in [2.75, 3.05) is 7.11 Å². The fraction of sp³-hybridized carbons (Fsp3) is 0.333. The Balaban J connectivity index is 2.10. The first-order valence-electron chi connectivity index (χ1n) is 5.53. The smallest absolute Gasteiger partial charge is 0.213 e. The van der Waals surface area contributed by atoms with E-state index in [0.717, 1.165) is 0 Å². The summed E-state index contributed by atoms with van der Waals surface area (Å²) in [5.41, 5.74) is 0.489. The molecule has 0 saturated heterocycles. The molecule has 96 valence electrons. The van der Waals surface area contributed by atoms with Crippen LogP contribution in [0, 0.1) is 5.82 Å². The van der Waals surface area contributed by atoms with Crippen LogP contribution in [0.15, 0.2) is 29.1 Å². The average molecular weight is 251 g/mol. The van der Waals surface area contributed by atoms with Gasteiger partial charge in [-0.1, -0.05) is 11.2 Å². The second-order valence-electron chi connectivity index (χ2n) is 3.81. The summed E-state index contributed by atoms with van der Waals surface area (Å²) in [5.74, 6) is 0.739. The molecule has 1 N–H and O–H groups in total. The van der Waals surface area contributed by atoms with Gasteiger partial charge in [0.2, 0.25) is 6.39 Å². The van der Waals surface area contributed by atoms with E-state index in [0.29, 0.717) is 23.7 Å². The molecule has 18 heavy (non-hydrogen) atoms. The van der Waals surface area contributed by atoms with Crippen LogP contribution in [0.3, 0.4) is 0 Å². The minimum Gasteiger partial charge on any atom is -0.496 e. The first-order valence-corrected chi connectivity index (χ1v) is 5.53. The number of hydrogen-bond donors (Lipinski definition) is 1. The third kappa shape index (κ3) is 2.65. The van der Waals surface area contributed by atoms with Crippen LogP contribution in [0.4, 0.5) is 4.39 Å². The first kappa shape index (κ1) is 12.5. The van der Waals surface area contributed by atoms with E-state index in [2.05, 4.69) is 20.0 Å². The summed E-state index contributed by atoms with van der Waals surface area (Å²) in [6.45, 7) is 2.25. The molecule has 0 fully saturated rings. The van der Waals surface area contributed by atoms with Gasteiger partial charge in [-0.05, 0) is 19.1 Å². The Morgan fingerprint density at radius 1 is 1.50 bits per heavy atom. The average Bonchev–Trinajstić information content (AvgIpc) is 2.88. The standard InChI is InChI=1S/C12H14FN3O2/c1-8(14-6-11-15-7-18-16-11)12-9(13)4-3-5-10(12)17-2/h3-5,7-8,14H,6H2,1-2H3. The van der Waals surface area contributed by atoms with E-state index in [1.807, 2.05) is 6.92 Å². The van der Waals surface area contributed by atoms with Gasteiger partial charge in [0, 0.05) is 11.6 Å². The van der Waals surface area contributed by atoms with Crippen LogP contribution in [0.1, 0.15) is 24.4 Å². The lowest BCUT2D eigenvalue weighted by molar-refractivity contribution is 0.388. The molecule has 1 atom stereocenters. The number of hydrogen-bond acceptors (Lipinski definition) is 5. The maximum atomic E-state index is 13.8. The number of methoxy groups -OCH3 is 1. The summed E-state index contributed by atoms with van der Waals surface area (Å²) < 4.78 is 23.6. The number of nitrogens with one attached hydrogen (secondary N) is 1. The van der Waals surface area contributed by atoms with E-state index in [1.165, 1.54) is 19.6 Å². The van der Waals surface area contributed by atoms with E-state index in [4.69, 9.17) is 4.74 Å². The van der Waals surface area contributed by atoms with Crippen molar-refractivity contribution in [2.45, 2.75) is 19.5 Å². The Bertz CT molecular complexity index is 502. The monoisotopic (exact) mass is 251 g/mol. The van der Waals surface area contributed by atoms with Crippen molar-refractivity contribution >= 4 is 0 Å². The minimum atomic E-state index is -0.303. The lowest BCUT2D eigenvalue weighted by atomic mass is 10.1. The lowest BCUT2D eigenvalue weighted by Crippen LogP contribution is -2.20. The van der Waals surface area contributed by atoms with Gasteiger partial charge in [-0.25, -0.2) is 4.39 Å². The van der Waals surface area contributed by atoms with Crippen molar-refractivity contribution in [1.29, 1.82) is 0 Å². The predicted molar refractivity (Wildman–Crippen MR) is 62.5 cm³/mol. The van der Waals surface area contributed by atoms with Gasteiger partial charge in [0.25, 0.3) is 0 Å². The molecule has 1 unspecified atom stereocenters. The largest absolute Gasteiger partial charge is 0.496 e. The quantitative estimate of drug-likeness (QED) is 0.881. The highest BCUT2D eigenvalue weighted by Crippen LogP contribution is 2.27. The molecule has 0 spiro atoms. The van der Waals surface area contributed by atoms with Crippen molar-refractivity contribution in [3.05, 3.63) is 41.8 Å². The van der Waals surface area contributed by atoms with Crippen LogP contribution in [0.5, 0.6) is 5.75 Å². The fourth-order valence-electron chi connectivity index (χ4n) is 1.73. The van der Waals surface area contributed by atoms with E-state index in [9.17, 15) is 4.39 Å². The van der Waals surface area contributed by atoms with Gasteiger partial charge in [-0.15, -0.1) is 0 Å². The molecular weight excluding hydrogens is 237 g/mol. The summed E-state index contributed by atoms with van der Waals surface area (Å²) in [5, 5.41) is 6.79. The third-order valence-corrected chi connectivity index (χ3v) is 2.64. The molecule has 0 amide bonds. The Morgan fingerprint density at radius 2 is 2.33 bits per heavy atom. The fourth-order valence-corrected chi connectivity index (χ4v) is 1.73. The molecule has 1 heterocycles. The van der Waals surface area contributed by atoms with E-state index >= 15 is 0 Å². The molecule has 0 bridgehead atoms. The Labute approximate surface area is 104 Å². The van der Waals surface area contributed by atoms with E-state index < -0.39 is 0 Å². The number of nitrogens with zero attached hydrogens (tertiary/aromatic N) is 2. The van der Waals surface area contributed by atoms with E-state index in [-0.39, 0.29) is 11.9 Å². The lowest BCUT2D eigenvalue weighted by Gasteiger charge is -2.17. The molecule has 5 nitrogen and oxygen atoms in total. The third-order valence-electron chi connectivity index (χ3n) is 2.64. The van der Waals surface area contributed by atoms with Gasteiger partial charge in [0.15, 0.2) is 5.82 Å². The highest BCUT2D eigenvalue weighted by atomic mass is 19.1. The second-order valence-corrected chi connectivity index (χ2v) is 3.81. The number of rotatable bonds is 5. The summed E-state index contributed by atoms with van der Waals surface area (Å²) in [4.78, 5) is 3.88. The van der Waals surface area contributed by atoms with Crippen LogP contribution in [-0.2, 0) is 6.54 Å².